The topological polar surface area (TPSA) is 80.4 Å². The summed E-state index contributed by atoms with van der Waals surface area (Å²) in [5.74, 6) is -0.661. The lowest BCUT2D eigenvalue weighted by Crippen LogP contribution is -2.09. The largest absolute Gasteiger partial charge is 0.507 e. The highest BCUT2D eigenvalue weighted by molar-refractivity contribution is 9.10. The lowest BCUT2D eigenvalue weighted by atomic mass is 10.0. The highest BCUT2D eigenvalue weighted by Crippen LogP contribution is 2.24. The molecule has 1 N–H and O–H groups in total. The third kappa shape index (κ3) is 3.44. The zero-order chi connectivity index (χ0) is 17.1. The van der Waals surface area contributed by atoms with Crippen LogP contribution >= 0.6 is 15.9 Å². The van der Waals surface area contributed by atoms with E-state index in [-0.39, 0.29) is 17.0 Å². The van der Waals surface area contributed by atoms with E-state index in [9.17, 15) is 14.7 Å². The third-order valence-corrected chi connectivity index (χ3v) is 3.93. The number of aromatic hydroxyl groups is 1. The smallest absolute Gasteiger partial charge is 0.192 e. The van der Waals surface area contributed by atoms with Crippen molar-refractivity contribution in [1.82, 2.24) is 5.16 Å². The Balaban J connectivity index is 1.77. The molecule has 3 aromatic rings. The van der Waals surface area contributed by atoms with Crippen LogP contribution in [0.3, 0.4) is 0 Å². The second-order valence-corrected chi connectivity index (χ2v) is 6.04. The van der Waals surface area contributed by atoms with Crippen molar-refractivity contribution in [2.75, 3.05) is 0 Å². The number of hydrogen-bond acceptors (Lipinski definition) is 5. The van der Waals surface area contributed by atoms with E-state index in [1.54, 1.807) is 6.07 Å². The number of phenolic OH excluding ortho intramolecular Hbond substituents is 1. The number of ketones is 2. The monoisotopic (exact) mass is 385 g/mol. The van der Waals surface area contributed by atoms with E-state index < -0.39 is 18.0 Å². The minimum absolute atomic E-state index is 0.0803. The minimum atomic E-state index is -0.483. The summed E-state index contributed by atoms with van der Waals surface area (Å²) in [7, 11) is 0. The van der Waals surface area contributed by atoms with E-state index in [1.807, 2.05) is 30.3 Å². The van der Waals surface area contributed by atoms with Crippen molar-refractivity contribution in [3.05, 3.63) is 70.3 Å². The fourth-order valence-electron chi connectivity index (χ4n) is 2.21. The van der Waals surface area contributed by atoms with E-state index in [0.29, 0.717) is 10.2 Å². The molecular weight excluding hydrogens is 374 g/mol. The van der Waals surface area contributed by atoms with Crippen LogP contribution in [0.5, 0.6) is 5.75 Å². The van der Waals surface area contributed by atoms with E-state index >= 15 is 0 Å². The first-order chi connectivity index (χ1) is 11.5. The van der Waals surface area contributed by atoms with Crippen LogP contribution in [-0.4, -0.2) is 21.8 Å². The summed E-state index contributed by atoms with van der Waals surface area (Å²) in [6.45, 7) is 0. The average Bonchev–Trinajstić information content (AvgIpc) is 3.08. The van der Waals surface area contributed by atoms with Crippen LogP contribution in [0, 0.1) is 0 Å². The van der Waals surface area contributed by atoms with Crippen LogP contribution in [0.1, 0.15) is 27.3 Å². The maximum atomic E-state index is 12.2. The molecule has 5 nitrogen and oxygen atoms in total. The molecule has 3 rings (SSSR count). The first-order valence-corrected chi connectivity index (χ1v) is 7.91. The zero-order valence-electron chi connectivity index (χ0n) is 12.4. The summed E-state index contributed by atoms with van der Waals surface area (Å²) in [4.78, 5) is 24.5. The fourth-order valence-corrected chi connectivity index (χ4v) is 2.57. The standard InChI is InChI=1S/C18H12BrNO4/c19-12-6-7-15(21)13(8-12)16(22)10-17(23)14-9-18(24-20-14)11-4-2-1-3-5-11/h1-9,21H,10H2. The van der Waals surface area contributed by atoms with Crippen LogP contribution in [-0.2, 0) is 0 Å². The summed E-state index contributed by atoms with van der Waals surface area (Å²) in [6, 6.07) is 15.2. The van der Waals surface area contributed by atoms with Crippen LogP contribution in [0.2, 0.25) is 0 Å². The van der Waals surface area contributed by atoms with Gasteiger partial charge in [-0.05, 0) is 18.2 Å². The van der Waals surface area contributed by atoms with Gasteiger partial charge in [-0.1, -0.05) is 51.4 Å². The summed E-state index contributed by atoms with van der Waals surface area (Å²) in [6.07, 6.45) is -0.398. The molecule has 0 spiro atoms. The van der Waals surface area contributed by atoms with E-state index in [4.69, 9.17) is 4.52 Å². The SMILES string of the molecule is O=C(CC(=O)c1cc(Br)ccc1O)c1cc(-c2ccccc2)on1. The van der Waals surface area contributed by atoms with Gasteiger partial charge < -0.3 is 9.63 Å². The number of aromatic nitrogens is 1. The number of Topliss-reactive ketones (excluding diaryl/α,β-unsaturated/α-hetero) is 2. The number of phenols is 1. The molecule has 0 saturated heterocycles. The second kappa shape index (κ2) is 6.80. The molecule has 0 unspecified atom stereocenters. The van der Waals surface area contributed by atoms with Gasteiger partial charge in [0.05, 0.1) is 12.0 Å². The van der Waals surface area contributed by atoms with Crippen LogP contribution in [0.15, 0.2) is 63.6 Å². The molecule has 0 amide bonds. The summed E-state index contributed by atoms with van der Waals surface area (Å²) in [5.41, 5.74) is 0.959. The van der Waals surface area contributed by atoms with Crippen molar-refractivity contribution in [3.8, 4) is 17.1 Å². The number of benzene rings is 2. The summed E-state index contributed by atoms with van der Waals surface area (Å²) >= 11 is 3.23. The Morgan fingerprint density at radius 1 is 1.04 bits per heavy atom. The highest BCUT2D eigenvalue weighted by atomic mass is 79.9. The summed E-state index contributed by atoms with van der Waals surface area (Å²) < 4.78 is 5.81. The van der Waals surface area contributed by atoms with E-state index in [2.05, 4.69) is 21.1 Å². The van der Waals surface area contributed by atoms with Gasteiger partial charge in [-0.2, -0.15) is 0 Å². The lowest BCUT2D eigenvalue weighted by Gasteiger charge is -2.03. The van der Waals surface area contributed by atoms with Gasteiger partial charge in [0, 0.05) is 16.1 Å². The van der Waals surface area contributed by atoms with Gasteiger partial charge in [-0.3, -0.25) is 9.59 Å². The Kier molecular flexibility index (Phi) is 4.57. The van der Waals surface area contributed by atoms with E-state index in [0.717, 1.165) is 5.56 Å². The maximum Gasteiger partial charge on any atom is 0.192 e. The average molecular weight is 386 g/mol. The van der Waals surface area contributed by atoms with Gasteiger partial charge in [-0.15, -0.1) is 0 Å². The molecule has 0 aliphatic heterocycles. The fraction of sp³-hybridized carbons (Fsp3) is 0.0556. The molecule has 0 radical (unpaired) electrons. The molecule has 0 bridgehead atoms. The Bertz CT molecular complexity index is 902. The first-order valence-electron chi connectivity index (χ1n) is 7.11. The number of rotatable bonds is 5. The van der Waals surface area contributed by atoms with Crippen molar-refractivity contribution >= 4 is 27.5 Å². The molecule has 0 saturated carbocycles. The Hall–Kier alpha value is -2.73. The van der Waals surface area contributed by atoms with Gasteiger partial charge in [0.2, 0.25) is 0 Å². The number of halogens is 1. The summed E-state index contributed by atoms with van der Waals surface area (Å²) in [5, 5.41) is 13.5. The number of hydrogen-bond donors (Lipinski definition) is 1. The molecule has 2 aromatic carbocycles. The van der Waals surface area contributed by atoms with Crippen molar-refractivity contribution in [2.45, 2.75) is 6.42 Å². The van der Waals surface area contributed by atoms with Crippen LogP contribution in [0.4, 0.5) is 0 Å². The highest BCUT2D eigenvalue weighted by Gasteiger charge is 2.20. The molecule has 0 fully saturated rings. The predicted molar refractivity (Wildman–Crippen MR) is 91.0 cm³/mol. The molecule has 0 aliphatic carbocycles. The maximum absolute atomic E-state index is 12.2. The quantitative estimate of drug-likeness (QED) is 0.523. The number of nitrogens with zero attached hydrogens (tertiary/aromatic N) is 1. The first kappa shape index (κ1) is 16.1. The van der Waals surface area contributed by atoms with Gasteiger partial charge in [0.25, 0.3) is 0 Å². The van der Waals surface area contributed by atoms with Crippen molar-refractivity contribution in [1.29, 1.82) is 0 Å². The Labute approximate surface area is 146 Å². The van der Waals surface area contributed by atoms with Crippen LogP contribution in [0.25, 0.3) is 11.3 Å². The molecule has 1 heterocycles. The van der Waals surface area contributed by atoms with Gasteiger partial charge in [0.15, 0.2) is 23.0 Å². The molecular formula is C18H12BrNO4. The number of carbonyl (C=O) groups is 2. The molecule has 0 atom stereocenters. The Morgan fingerprint density at radius 3 is 2.54 bits per heavy atom. The molecule has 0 aliphatic rings. The normalized spacial score (nSPS) is 10.5. The van der Waals surface area contributed by atoms with Gasteiger partial charge in [-0.25, -0.2) is 0 Å². The van der Waals surface area contributed by atoms with Gasteiger partial charge >= 0.3 is 0 Å². The molecule has 6 heteroatoms. The number of carbonyl (C=O) groups excluding carboxylic acids is 2. The molecule has 1 aromatic heterocycles. The zero-order valence-corrected chi connectivity index (χ0v) is 14.0. The van der Waals surface area contributed by atoms with Crippen LogP contribution < -0.4 is 0 Å². The molecule has 24 heavy (non-hydrogen) atoms. The van der Waals surface area contributed by atoms with Crippen molar-refractivity contribution in [2.24, 2.45) is 0 Å². The van der Waals surface area contributed by atoms with Crippen molar-refractivity contribution < 1.29 is 19.2 Å². The molecule has 120 valence electrons. The second-order valence-electron chi connectivity index (χ2n) is 5.13. The van der Waals surface area contributed by atoms with Gasteiger partial charge in [0.1, 0.15) is 5.75 Å². The van der Waals surface area contributed by atoms with Crippen molar-refractivity contribution in [3.63, 3.8) is 0 Å². The predicted octanol–water partition coefficient (Wildman–Crippen LogP) is 4.27. The lowest BCUT2D eigenvalue weighted by molar-refractivity contribution is 0.0888. The Morgan fingerprint density at radius 2 is 1.79 bits per heavy atom. The third-order valence-electron chi connectivity index (χ3n) is 3.43. The minimum Gasteiger partial charge on any atom is -0.507 e. The van der Waals surface area contributed by atoms with E-state index in [1.165, 1.54) is 18.2 Å².